The van der Waals surface area contributed by atoms with E-state index in [0.29, 0.717) is 30.1 Å². The van der Waals surface area contributed by atoms with E-state index in [-0.39, 0.29) is 22.7 Å². The lowest BCUT2D eigenvalue weighted by atomic mass is 10.1. The highest BCUT2D eigenvalue weighted by molar-refractivity contribution is 7.90. The van der Waals surface area contributed by atoms with Crippen molar-refractivity contribution in [3.8, 4) is 11.5 Å². The lowest BCUT2D eigenvalue weighted by Crippen LogP contribution is -2.37. The predicted octanol–water partition coefficient (Wildman–Crippen LogP) is 5.95. The second-order valence-electron chi connectivity index (χ2n) is 10.4. The summed E-state index contributed by atoms with van der Waals surface area (Å²) in [7, 11) is -2.14. The zero-order valence-corrected chi connectivity index (χ0v) is 25.3. The van der Waals surface area contributed by atoms with Crippen LogP contribution >= 0.6 is 0 Å². The van der Waals surface area contributed by atoms with Crippen LogP contribution in [0.15, 0.2) is 36.4 Å². The quantitative estimate of drug-likeness (QED) is 0.180. The first-order chi connectivity index (χ1) is 19.6. The summed E-state index contributed by atoms with van der Waals surface area (Å²) in [6.45, 7) is 4.33. The van der Waals surface area contributed by atoms with Crippen molar-refractivity contribution in [1.29, 1.82) is 0 Å². The van der Waals surface area contributed by atoms with Gasteiger partial charge in [-0.15, -0.1) is 0 Å². The van der Waals surface area contributed by atoms with E-state index in [2.05, 4.69) is 12.2 Å². The molecule has 10 heteroatoms. The fourth-order valence-corrected chi connectivity index (χ4v) is 6.01. The maximum Gasteiger partial charge on any atom is 0.264 e. The Morgan fingerprint density at radius 2 is 1.61 bits per heavy atom. The van der Waals surface area contributed by atoms with Crippen LogP contribution in [0.3, 0.4) is 0 Å². The summed E-state index contributed by atoms with van der Waals surface area (Å²) in [5, 5.41) is 2.81. The maximum absolute atomic E-state index is 13.8. The summed E-state index contributed by atoms with van der Waals surface area (Å²) in [6, 6.07) is 8.42. The number of sulfone groups is 1. The number of ether oxygens (including phenoxy) is 2. The van der Waals surface area contributed by atoms with E-state index in [9.17, 15) is 22.8 Å². The molecule has 9 nitrogen and oxygen atoms in total. The molecule has 0 unspecified atom stereocenters. The Balaban J connectivity index is 1.80. The van der Waals surface area contributed by atoms with Gasteiger partial charge in [0.05, 0.1) is 42.3 Å². The number of unbranched alkanes of at least 4 members (excludes halogenated alkanes) is 7. The molecule has 1 N–H and O–H groups in total. The first-order valence-corrected chi connectivity index (χ1v) is 16.5. The van der Waals surface area contributed by atoms with Crippen LogP contribution < -0.4 is 14.8 Å². The van der Waals surface area contributed by atoms with Gasteiger partial charge in [0.25, 0.3) is 11.8 Å². The third-order valence-electron chi connectivity index (χ3n) is 7.12. The third kappa shape index (κ3) is 8.55. The van der Waals surface area contributed by atoms with E-state index in [0.717, 1.165) is 36.8 Å². The number of rotatable bonds is 17. The highest BCUT2D eigenvalue weighted by atomic mass is 32.2. The molecule has 1 heterocycles. The average molecular weight is 587 g/mol. The number of hydrogen-bond donors (Lipinski definition) is 1. The van der Waals surface area contributed by atoms with Crippen molar-refractivity contribution < 1.29 is 32.3 Å². The summed E-state index contributed by atoms with van der Waals surface area (Å²) in [4.78, 5) is 41.0. The summed E-state index contributed by atoms with van der Waals surface area (Å²) < 4.78 is 35.9. The Morgan fingerprint density at radius 1 is 0.927 bits per heavy atom. The predicted molar refractivity (Wildman–Crippen MR) is 159 cm³/mol. The molecule has 0 radical (unpaired) electrons. The van der Waals surface area contributed by atoms with Crippen molar-refractivity contribution in [3.05, 3.63) is 53.1 Å². The zero-order chi connectivity index (χ0) is 30.0. The van der Waals surface area contributed by atoms with E-state index in [1.54, 1.807) is 37.3 Å². The highest BCUT2D eigenvalue weighted by Gasteiger charge is 2.43. The number of carbonyl (C=O) groups excluding carboxylic acids is 3. The molecular formula is C31H42N2O7S. The van der Waals surface area contributed by atoms with Crippen molar-refractivity contribution >= 4 is 33.2 Å². The van der Waals surface area contributed by atoms with Gasteiger partial charge in [0.15, 0.2) is 11.5 Å². The Morgan fingerprint density at radius 3 is 2.24 bits per heavy atom. The number of benzene rings is 2. The van der Waals surface area contributed by atoms with Gasteiger partial charge in [0.2, 0.25) is 5.91 Å². The van der Waals surface area contributed by atoms with Crippen molar-refractivity contribution in [2.75, 3.05) is 31.0 Å². The lowest BCUT2D eigenvalue weighted by molar-refractivity contribution is -0.116. The monoisotopic (exact) mass is 586 g/mol. The number of amides is 3. The molecule has 3 amide bonds. The fourth-order valence-electron chi connectivity index (χ4n) is 5.10. The van der Waals surface area contributed by atoms with Crippen LogP contribution in [0, 0.1) is 0 Å². The SMILES string of the molecule is CCCCCCCCCCC(=O)Nc1cccc2c1C(=O)N([C@H](CS(C)(=O)=O)c1ccc(OC)c(OCC)c1)C2=O. The van der Waals surface area contributed by atoms with Gasteiger partial charge < -0.3 is 14.8 Å². The van der Waals surface area contributed by atoms with E-state index >= 15 is 0 Å². The van der Waals surface area contributed by atoms with Crippen molar-refractivity contribution in [3.63, 3.8) is 0 Å². The van der Waals surface area contributed by atoms with Crippen LogP contribution in [-0.2, 0) is 14.6 Å². The Bertz CT molecular complexity index is 1340. The van der Waals surface area contributed by atoms with Gasteiger partial charge in [-0.25, -0.2) is 8.42 Å². The molecule has 2 aromatic carbocycles. The number of fused-ring (bicyclic) bond motifs is 1. The fraction of sp³-hybridized carbons (Fsp3) is 0.516. The summed E-state index contributed by atoms with van der Waals surface area (Å²) in [6.07, 6.45) is 10.2. The molecule has 0 saturated carbocycles. The molecule has 0 fully saturated rings. The van der Waals surface area contributed by atoms with Gasteiger partial charge in [-0.3, -0.25) is 19.3 Å². The molecule has 0 aliphatic carbocycles. The van der Waals surface area contributed by atoms with Gasteiger partial charge in [-0.2, -0.15) is 0 Å². The Kier molecular flexibility index (Phi) is 11.8. The Hall–Kier alpha value is -3.40. The molecule has 41 heavy (non-hydrogen) atoms. The van der Waals surface area contributed by atoms with Crippen LogP contribution in [0.4, 0.5) is 5.69 Å². The number of methoxy groups -OCH3 is 1. The lowest BCUT2D eigenvalue weighted by Gasteiger charge is -2.27. The van der Waals surface area contributed by atoms with E-state index in [1.807, 2.05) is 0 Å². The van der Waals surface area contributed by atoms with Crippen LogP contribution in [-0.4, -0.2) is 56.8 Å². The molecule has 224 valence electrons. The normalized spacial score (nSPS) is 13.7. The first-order valence-electron chi connectivity index (χ1n) is 14.4. The number of hydrogen-bond acceptors (Lipinski definition) is 7. The minimum absolute atomic E-state index is 0.0684. The minimum Gasteiger partial charge on any atom is -0.493 e. The minimum atomic E-state index is -3.62. The smallest absolute Gasteiger partial charge is 0.264 e. The van der Waals surface area contributed by atoms with Crippen LogP contribution in [0.25, 0.3) is 0 Å². The van der Waals surface area contributed by atoms with Crippen LogP contribution in [0.5, 0.6) is 11.5 Å². The number of imide groups is 1. The van der Waals surface area contributed by atoms with Gasteiger partial charge in [-0.1, -0.05) is 64.0 Å². The van der Waals surface area contributed by atoms with Gasteiger partial charge in [-0.05, 0) is 43.2 Å². The number of nitrogens with one attached hydrogen (secondary N) is 1. The molecule has 0 saturated heterocycles. The van der Waals surface area contributed by atoms with E-state index < -0.39 is 33.4 Å². The summed E-state index contributed by atoms with van der Waals surface area (Å²) in [5.74, 6) is -1.17. The average Bonchev–Trinajstić information content (AvgIpc) is 3.18. The molecule has 0 aromatic heterocycles. The summed E-state index contributed by atoms with van der Waals surface area (Å²) in [5.41, 5.74) is 0.848. The van der Waals surface area contributed by atoms with Crippen molar-refractivity contribution in [2.45, 2.75) is 77.7 Å². The van der Waals surface area contributed by atoms with E-state index in [1.165, 1.54) is 38.9 Å². The second kappa shape index (κ2) is 15.0. The molecule has 1 aliphatic rings. The standard InChI is InChI=1S/C31H42N2O7S/c1-5-7-8-9-10-11-12-13-17-28(34)32-24-16-14-15-23-29(24)31(36)33(30(23)35)25(21-41(4,37)38)22-18-19-26(39-3)27(20-22)40-6-2/h14-16,18-20,25H,5-13,17,21H2,1-4H3,(H,32,34)/t25-/m1/s1. The molecule has 0 bridgehead atoms. The largest absolute Gasteiger partial charge is 0.493 e. The second-order valence-corrected chi connectivity index (χ2v) is 12.6. The van der Waals surface area contributed by atoms with Gasteiger partial charge in [0, 0.05) is 12.7 Å². The van der Waals surface area contributed by atoms with Crippen molar-refractivity contribution in [1.82, 2.24) is 4.90 Å². The summed E-state index contributed by atoms with van der Waals surface area (Å²) >= 11 is 0. The van der Waals surface area contributed by atoms with Crippen LogP contribution in [0.1, 0.15) is 104 Å². The number of carbonyl (C=O) groups is 3. The Labute approximate surface area is 243 Å². The maximum atomic E-state index is 13.8. The van der Waals surface area contributed by atoms with Crippen molar-refractivity contribution in [2.24, 2.45) is 0 Å². The molecule has 1 aliphatic heterocycles. The third-order valence-corrected chi connectivity index (χ3v) is 8.04. The molecule has 0 spiro atoms. The highest BCUT2D eigenvalue weighted by Crippen LogP contribution is 2.38. The number of anilines is 1. The molecule has 1 atom stereocenters. The molecular weight excluding hydrogens is 544 g/mol. The van der Waals surface area contributed by atoms with Gasteiger partial charge in [0.1, 0.15) is 9.84 Å². The topological polar surface area (TPSA) is 119 Å². The van der Waals surface area contributed by atoms with E-state index in [4.69, 9.17) is 9.47 Å². The zero-order valence-electron chi connectivity index (χ0n) is 24.5. The molecule has 2 aromatic rings. The number of nitrogens with zero attached hydrogens (tertiary/aromatic N) is 1. The van der Waals surface area contributed by atoms with Gasteiger partial charge >= 0.3 is 0 Å². The first kappa shape index (κ1) is 32.1. The van der Waals surface area contributed by atoms with Crippen LogP contribution in [0.2, 0.25) is 0 Å². The molecule has 3 rings (SSSR count).